The third-order valence-electron chi connectivity index (χ3n) is 7.82. The fraction of sp³-hybridized carbons (Fsp3) is 0.515. The first-order chi connectivity index (χ1) is 22.0. The van der Waals surface area contributed by atoms with Gasteiger partial charge in [0.2, 0.25) is 5.88 Å². The molecule has 1 amide bonds. The molecule has 0 unspecified atom stereocenters. The average Bonchev–Trinajstić information content (AvgIpc) is 3.76. The molecule has 0 saturated heterocycles. The molecule has 2 aliphatic rings. The minimum atomic E-state index is -1.42. The Bertz CT molecular complexity index is 1620. The summed E-state index contributed by atoms with van der Waals surface area (Å²) in [5, 5.41) is 9.27. The quantitative estimate of drug-likeness (QED) is 0.116. The summed E-state index contributed by atoms with van der Waals surface area (Å²) in [6.45, 7) is 14.2. The lowest BCUT2D eigenvalue weighted by Crippen LogP contribution is -2.47. The molecule has 1 aliphatic heterocycles. The number of fused-ring (bicyclic) bond motifs is 1. The SMILES string of the molecule is COC(=O)[C@]12C[C@H]1[C@@](C)(c1cc(/C=C(\F)c3ccc(C#N)cn3)cnc1OC)N=C(N(COCC[Si](C)(C)C)C(=O)OC(C)(C)C)S2. The Hall–Kier alpha value is -3.80. The number of hydrogen-bond acceptors (Lipinski definition) is 11. The van der Waals surface area contributed by atoms with Crippen molar-refractivity contribution in [2.24, 2.45) is 10.9 Å². The molecular formula is C33H42FN5O6SSi. The van der Waals surface area contributed by atoms with Gasteiger partial charge in [-0.15, -0.1) is 0 Å². The van der Waals surface area contributed by atoms with Crippen molar-refractivity contribution in [3.05, 3.63) is 53.0 Å². The van der Waals surface area contributed by atoms with E-state index in [4.69, 9.17) is 29.2 Å². The van der Waals surface area contributed by atoms with Crippen LogP contribution in [-0.2, 0) is 24.5 Å². The number of amides is 1. The largest absolute Gasteiger partial charge is 0.481 e. The summed E-state index contributed by atoms with van der Waals surface area (Å²) in [4.78, 5) is 41.9. The van der Waals surface area contributed by atoms with E-state index in [0.717, 1.165) is 17.8 Å². The number of thioether (sulfide) groups is 1. The van der Waals surface area contributed by atoms with Crippen molar-refractivity contribution in [2.75, 3.05) is 27.6 Å². The van der Waals surface area contributed by atoms with E-state index in [1.54, 1.807) is 26.8 Å². The Kier molecular flexibility index (Phi) is 10.5. The van der Waals surface area contributed by atoms with E-state index in [-0.39, 0.29) is 29.4 Å². The van der Waals surface area contributed by atoms with E-state index >= 15 is 4.39 Å². The molecule has 0 aromatic carbocycles. The van der Waals surface area contributed by atoms with Crippen LogP contribution in [-0.4, -0.2) is 78.1 Å². The van der Waals surface area contributed by atoms with E-state index in [1.807, 2.05) is 13.0 Å². The Balaban J connectivity index is 1.81. The van der Waals surface area contributed by atoms with Crippen LogP contribution in [0.1, 0.15) is 56.5 Å². The number of pyridine rings is 2. The maximum atomic E-state index is 15.3. The number of nitriles is 1. The molecule has 0 radical (unpaired) electrons. The minimum Gasteiger partial charge on any atom is -0.481 e. The second kappa shape index (κ2) is 13.7. The lowest BCUT2D eigenvalue weighted by molar-refractivity contribution is -0.141. The van der Waals surface area contributed by atoms with E-state index in [1.165, 1.54) is 49.7 Å². The zero-order valence-corrected chi connectivity index (χ0v) is 30.2. The second-order valence-electron chi connectivity index (χ2n) is 13.9. The third-order valence-corrected chi connectivity index (χ3v) is 11.0. The van der Waals surface area contributed by atoms with E-state index < -0.39 is 41.9 Å². The van der Waals surface area contributed by atoms with Crippen LogP contribution < -0.4 is 4.74 Å². The van der Waals surface area contributed by atoms with E-state index in [2.05, 4.69) is 29.6 Å². The predicted molar refractivity (Wildman–Crippen MR) is 181 cm³/mol. The Morgan fingerprint density at radius 2 is 1.94 bits per heavy atom. The maximum Gasteiger partial charge on any atom is 0.418 e. The van der Waals surface area contributed by atoms with Gasteiger partial charge in [0.25, 0.3) is 0 Å². The molecule has 2 aromatic rings. The van der Waals surface area contributed by atoms with Gasteiger partial charge in [-0.2, -0.15) is 5.26 Å². The molecule has 252 valence electrons. The van der Waals surface area contributed by atoms with Gasteiger partial charge in [-0.3, -0.25) is 14.8 Å². The van der Waals surface area contributed by atoms with Crippen molar-refractivity contribution in [2.45, 2.75) is 75.7 Å². The van der Waals surface area contributed by atoms with Crippen molar-refractivity contribution in [1.29, 1.82) is 5.26 Å². The number of methoxy groups -OCH3 is 2. The van der Waals surface area contributed by atoms with Gasteiger partial charge in [0, 0.05) is 38.6 Å². The van der Waals surface area contributed by atoms with Crippen LogP contribution in [0.25, 0.3) is 11.9 Å². The van der Waals surface area contributed by atoms with Gasteiger partial charge in [-0.05, 0) is 70.0 Å². The monoisotopic (exact) mass is 683 g/mol. The molecule has 2 aromatic heterocycles. The predicted octanol–water partition coefficient (Wildman–Crippen LogP) is 6.62. The van der Waals surface area contributed by atoms with Crippen molar-refractivity contribution in [3.63, 3.8) is 0 Å². The molecular weight excluding hydrogens is 642 g/mol. The summed E-state index contributed by atoms with van der Waals surface area (Å²) in [7, 11) is 1.38. The molecule has 47 heavy (non-hydrogen) atoms. The molecule has 0 N–H and O–H groups in total. The van der Waals surface area contributed by atoms with Crippen LogP contribution in [0.15, 0.2) is 35.6 Å². The Morgan fingerprint density at radius 3 is 2.51 bits per heavy atom. The van der Waals surface area contributed by atoms with Crippen molar-refractivity contribution >= 4 is 49.0 Å². The highest BCUT2D eigenvalue weighted by atomic mass is 32.2. The van der Waals surface area contributed by atoms with Gasteiger partial charge in [-0.25, -0.2) is 19.1 Å². The number of aromatic nitrogens is 2. The summed E-state index contributed by atoms with van der Waals surface area (Å²) in [5.74, 6) is -1.21. The number of halogens is 1. The smallest absolute Gasteiger partial charge is 0.418 e. The number of esters is 1. The second-order valence-corrected chi connectivity index (χ2v) is 20.8. The van der Waals surface area contributed by atoms with Crippen LogP contribution in [0.3, 0.4) is 0 Å². The zero-order chi connectivity index (χ0) is 34.8. The third kappa shape index (κ3) is 8.20. The van der Waals surface area contributed by atoms with Crippen molar-refractivity contribution < 1.29 is 32.9 Å². The molecule has 3 atom stereocenters. The Labute approximate surface area is 280 Å². The first kappa shape index (κ1) is 36.0. The standard InChI is InChI=1S/C33H42FN5O6SSi/c1-31(2,3)45-30(41)39(20-44-12-13-47(7,8)9)29-38-32(4,26-16-33(26,46-29)28(40)43-6)23-14-22(19-37-27(23)42-5)15-24(34)25-11-10-21(17-35)18-36-25/h10-11,14-15,18-19,26H,12-13,16,20H2,1-9H3/b24-15-/t26-,32+,33-/m0/s1. The summed E-state index contributed by atoms with van der Waals surface area (Å²) in [6, 6.07) is 7.45. The van der Waals surface area contributed by atoms with E-state index in [9.17, 15) is 9.59 Å². The molecule has 4 rings (SSSR count). The highest BCUT2D eigenvalue weighted by Gasteiger charge is 2.72. The number of aliphatic imine (C=N–C) groups is 1. The first-order valence-electron chi connectivity index (χ1n) is 15.2. The van der Waals surface area contributed by atoms with Gasteiger partial charge in [0.15, 0.2) is 5.17 Å². The number of carbonyl (C=O) groups is 2. The topological polar surface area (TPSA) is 136 Å². The molecule has 1 fully saturated rings. The highest BCUT2D eigenvalue weighted by Crippen LogP contribution is 2.67. The average molecular weight is 684 g/mol. The number of carbonyl (C=O) groups excluding carboxylic acids is 2. The number of amidine groups is 1. The minimum absolute atomic E-state index is 0.0518. The Morgan fingerprint density at radius 1 is 1.21 bits per heavy atom. The normalized spacial score (nSPS) is 22.4. The molecule has 0 spiro atoms. The van der Waals surface area contributed by atoms with Gasteiger partial charge in [0.05, 0.1) is 31.0 Å². The van der Waals surface area contributed by atoms with Gasteiger partial charge >= 0.3 is 12.1 Å². The number of rotatable bonds is 10. The summed E-state index contributed by atoms with van der Waals surface area (Å²) in [5.41, 5.74) is -0.710. The van der Waals surface area contributed by atoms with Crippen molar-refractivity contribution in [1.82, 2.24) is 14.9 Å². The lowest BCUT2D eigenvalue weighted by atomic mass is 9.86. The van der Waals surface area contributed by atoms with Crippen LogP contribution in [0.4, 0.5) is 9.18 Å². The van der Waals surface area contributed by atoms with Gasteiger partial charge in [0.1, 0.15) is 29.0 Å². The van der Waals surface area contributed by atoms with Gasteiger partial charge < -0.3 is 18.9 Å². The van der Waals surface area contributed by atoms with Crippen molar-refractivity contribution in [3.8, 4) is 11.9 Å². The van der Waals surface area contributed by atoms with E-state index in [0.29, 0.717) is 29.7 Å². The molecule has 0 bridgehead atoms. The van der Waals surface area contributed by atoms with Crippen LogP contribution >= 0.6 is 11.8 Å². The lowest BCUT2D eigenvalue weighted by Gasteiger charge is -2.37. The van der Waals surface area contributed by atoms with Gasteiger partial charge in [-0.1, -0.05) is 31.4 Å². The fourth-order valence-electron chi connectivity index (χ4n) is 5.21. The van der Waals surface area contributed by atoms with Crippen LogP contribution in [0.5, 0.6) is 5.88 Å². The molecule has 1 aliphatic carbocycles. The highest BCUT2D eigenvalue weighted by molar-refractivity contribution is 8.15. The molecule has 1 saturated carbocycles. The molecule has 3 heterocycles. The zero-order valence-electron chi connectivity index (χ0n) is 28.3. The summed E-state index contributed by atoms with van der Waals surface area (Å²) in [6.07, 6.45) is 3.76. The first-order valence-corrected chi connectivity index (χ1v) is 19.7. The maximum absolute atomic E-state index is 15.3. The summed E-state index contributed by atoms with van der Waals surface area (Å²) < 4.78 is 36.9. The van der Waals surface area contributed by atoms with Crippen LogP contribution in [0.2, 0.25) is 25.7 Å². The molecule has 11 nitrogen and oxygen atoms in total. The number of nitrogens with zero attached hydrogens (tertiary/aromatic N) is 5. The number of hydrogen-bond donors (Lipinski definition) is 0. The molecule has 14 heteroatoms. The number of ether oxygens (including phenoxy) is 4. The van der Waals surface area contributed by atoms with Crippen LogP contribution in [0, 0.1) is 17.2 Å². The fourth-order valence-corrected chi connectivity index (χ4v) is 7.55. The summed E-state index contributed by atoms with van der Waals surface area (Å²) >= 11 is 1.16.